The molecule has 0 saturated heterocycles. The number of thioether (sulfide) groups is 1. The number of rotatable bonds is 7. The van der Waals surface area contributed by atoms with Crippen LogP contribution in [0.1, 0.15) is 25.3 Å². The normalized spacial score (nSPS) is 10.4. The van der Waals surface area contributed by atoms with Crippen LogP contribution in [0, 0.1) is 5.82 Å². The van der Waals surface area contributed by atoms with Crippen LogP contribution in [0.4, 0.5) is 4.39 Å². The number of carbonyl (C=O) groups excluding carboxylic acids is 1. The Labute approximate surface area is 100 Å². The first-order valence-corrected chi connectivity index (χ1v) is 6.71. The third-order valence-electron chi connectivity index (χ3n) is 2.22. The fourth-order valence-corrected chi connectivity index (χ4v) is 2.28. The molecule has 0 fully saturated rings. The van der Waals surface area contributed by atoms with Gasteiger partial charge < -0.3 is 0 Å². The molecule has 1 aromatic rings. The second-order valence-electron chi connectivity index (χ2n) is 3.75. The summed E-state index contributed by atoms with van der Waals surface area (Å²) in [5, 5.41) is 0. The van der Waals surface area contributed by atoms with Crippen molar-refractivity contribution < 1.29 is 9.18 Å². The maximum absolute atomic E-state index is 12.6. The Morgan fingerprint density at radius 2 is 2.00 bits per heavy atom. The van der Waals surface area contributed by atoms with Crippen molar-refractivity contribution in [1.82, 2.24) is 0 Å². The highest BCUT2D eigenvalue weighted by Crippen LogP contribution is 2.08. The molecule has 1 aromatic carbocycles. The van der Waals surface area contributed by atoms with Gasteiger partial charge in [0.15, 0.2) is 0 Å². The van der Waals surface area contributed by atoms with Gasteiger partial charge in [-0.3, -0.25) is 4.79 Å². The molecule has 0 amide bonds. The molecule has 0 heterocycles. The van der Waals surface area contributed by atoms with Gasteiger partial charge >= 0.3 is 0 Å². The van der Waals surface area contributed by atoms with Crippen LogP contribution in [-0.2, 0) is 11.2 Å². The molecule has 0 N–H and O–H groups in total. The Balaban J connectivity index is 2.26. The summed E-state index contributed by atoms with van der Waals surface area (Å²) in [6.45, 7) is 2.14. The Morgan fingerprint density at radius 1 is 1.31 bits per heavy atom. The third-order valence-corrected chi connectivity index (χ3v) is 3.32. The Hall–Kier alpha value is -0.830. The predicted octanol–water partition coefficient (Wildman–Crippen LogP) is 3.47. The average molecular weight is 240 g/mol. The summed E-state index contributed by atoms with van der Waals surface area (Å²) in [6, 6.07) is 6.13. The van der Waals surface area contributed by atoms with Crippen molar-refractivity contribution in [2.75, 3.05) is 11.5 Å². The van der Waals surface area contributed by atoms with E-state index in [0.29, 0.717) is 12.2 Å². The number of hydrogen-bond donors (Lipinski definition) is 0. The summed E-state index contributed by atoms with van der Waals surface area (Å²) in [5.74, 6) is 1.57. The van der Waals surface area contributed by atoms with Crippen LogP contribution in [0.15, 0.2) is 24.3 Å². The molecular weight excluding hydrogens is 223 g/mol. The lowest BCUT2D eigenvalue weighted by molar-refractivity contribution is -0.116. The van der Waals surface area contributed by atoms with Crippen LogP contribution in [-0.4, -0.2) is 17.3 Å². The molecule has 0 bridgehead atoms. The van der Waals surface area contributed by atoms with E-state index in [-0.39, 0.29) is 11.6 Å². The molecular formula is C13H17FOS. The number of ketones is 1. The van der Waals surface area contributed by atoms with Crippen LogP contribution >= 0.6 is 11.8 Å². The van der Waals surface area contributed by atoms with Crippen molar-refractivity contribution in [2.24, 2.45) is 0 Å². The predicted molar refractivity (Wildman–Crippen MR) is 67.3 cm³/mol. The van der Waals surface area contributed by atoms with Crippen molar-refractivity contribution in [3.8, 4) is 0 Å². The van der Waals surface area contributed by atoms with E-state index in [1.165, 1.54) is 18.6 Å². The number of halogens is 1. The van der Waals surface area contributed by atoms with Crippen LogP contribution in [0.2, 0.25) is 0 Å². The van der Waals surface area contributed by atoms with Gasteiger partial charge in [-0.15, -0.1) is 0 Å². The molecule has 0 aromatic heterocycles. The van der Waals surface area contributed by atoms with Gasteiger partial charge in [-0.05, 0) is 29.9 Å². The molecule has 0 radical (unpaired) electrons. The fraction of sp³-hybridized carbons (Fsp3) is 0.462. The largest absolute Gasteiger partial charge is 0.298 e. The Bertz CT molecular complexity index is 321. The molecule has 16 heavy (non-hydrogen) atoms. The zero-order chi connectivity index (χ0) is 11.8. The monoisotopic (exact) mass is 240 g/mol. The smallest absolute Gasteiger partial charge is 0.147 e. The van der Waals surface area contributed by atoms with Gasteiger partial charge in [-0.2, -0.15) is 11.8 Å². The standard InChI is InChI=1S/C13H17FOS/c1-2-3-8-16-10-13(15)9-11-4-6-12(14)7-5-11/h4-7H,2-3,8-10H2,1H3. The van der Waals surface area contributed by atoms with E-state index >= 15 is 0 Å². The van der Waals surface area contributed by atoms with Gasteiger partial charge in [0.1, 0.15) is 11.6 Å². The first-order valence-electron chi connectivity index (χ1n) is 5.56. The van der Waals surface area contributed by atoms with Crippen molar-refractivity contribution in [3.05, 3.63) is 35.6 Å². The minimum atomic E-state index is -0.256. The van der Waals surface area contributed by atoms with Gasteiger partial charge in [0, 0.05) is 6.42 Å². The number of hydrogen-bond acceptors (Lipinski definition) is 2. The summed E-state index contributed by atoms with van der Waals surface area (Å²) < 4.78 is 12.6. The summed E-state index contributed by atoms with van der Waals surface area (Å²) >= 11 is 1.68. The average Bonchev–Trinajstić information content (AvgIpc) is 2.28. The molecule has 3 heteroatoms. The maximum atomic E-state index is 12.6. The first kappa shape index (κ1) is 13.2. The third kappa shape index (κ3) is 5.31. The van der Waals surface area contributed by atoms with E-state index in [1.807, 2.05) is 0 Å². The number of Topliss-reactive ketones (excluding diaryl/α,β-unsaturated/α-hetero) is 1. The molecule has 1 nitrogen and oxygen atoms in total. The van der Waals surface area contributed by atoms with Crippen molar-refractivity contribution in [2.45, 2.75) is 26.2 Å². The SMILES string of the molecule is CCCCSCC(=O)Cc1ccc(F)cc1. The molecule has 1 rings (SSSR count). The quantitative estimate of drug-likeness (QED) is 0.679. The van der Waals surface area contributed by atoms with Crippen molar-refractivity contribution in [3.63, 3.8) is 0 Å². The summed E-state index contributed by atoms with van der Waals surface area (Å²) in [4.78, 5) is 11.5. The van der Waals surface area contributed by atoms with Crippen LogP contribution in [0.25, 0.3) is 0 Å². The van der Waals surface area contributed by atoms with Crippen molar-refractivity contribution >= 4 is 17.5 Å². The highest BCUT2D eigenvalue weighted by molar-refractivity contribution is 7.99. The number of unbranched alkanes of at least 4 members (excludes halogenated alkanes) is 1. The second kappa shape index (κ2) is 7.44. The lowest BCUT2D eigenvalue weighted by Gasteiger charge is -2.01. The van der Waals surface area contributed by atoms with E-state index in [9.17, 15) is 9.18 Å². The van der Waals surface area contributed by atoms with E-state index in [2.05, 4.69) is 6.92 Å². The van der Waals surface area contributed by atoms with Gasteiger partial charge in [-0.25, -0.2) is 4.39 Å². The molecule has 0 aliphatic heterocycles. The Morgan fingerprint density at radius 3 is 2.62 bits per heavy atom. The zero-order valence-corrected chi connectivity index (χ0v) is 10.4. The molecule has 0 atom stereocenters. The van der Waals surface area contributed by atoms with Gasteiger partial charge in [-0.1, -0.05) is 25.5 Å². The molecule has 0 spiro atoms. The minimum absolute atomic E-state index is 0.215. The fourth-order valence-electron chi connectivity index (χ4n) is 1.31. The molecule has 0 aliphatic carbocycles. The van der Waals surface area contributed by atoms with E-state index in [4.69, 9.17) is 0 Å². The molecule has 0 unspecified atom stereocenters. The van der Waals surface area contributed by atoms with Crippen LogP contribution in [0.3, 0.4) is 0 Å². The van der Waals surface area contributed by atoms with Crippen molar-refractivity contribution in [1.29, 1.82) is 0 Å². The van der Waals surface area contributed by atoms with Gasteiger partial charge in [0.2, 0.25) is 0 Å². The molecule has 0 saturated carbocycles. The highest BCUT2D eigenvalue weighted by atomic mass is 32.2. The summed E-state index contributed by atoms with van der Waals surface area (Å²) in [5.41, 5.74) is 0.891. The maximum Gasteiger partial charge on any atom is 0.147 e. The number of carbonyl (C=O) groups is 1. The second-order valence-corrected chi connectivity index (χ2v) is 4.85. The molecule has 88 valence electrons. The lowest BCUT2D eigenvalue weighted by atomic mass is 10.1. The van der Waals surface area contributed by atoms with Gasteiger partial charge in [0.05, 0.1) is 5.75 Å². The van der Waals surface area contributed by atoms with E-state index in [0.717, 1.165) is 17.7 Å². The zero-order valence-electron chi connectivity index (χ0n) is 9.54. The first-order chi connectivity index (χ1) is 7.72. The van der Waals surface area contributed by atoms with Crippen LogP contribution in [0.5, 0.6) is 0 Å². The summed E-state index contributed by atoms with van der Waals surface area (Å²) in [6.07, 6.45) is 2.74. The Kier molecular flexibility index (Phi) is 6.16. The number of benzene rings is 1. The minimum Gasteiger partial charge on any atom is -0.298 e. The topological polar surface area (TPSA) is 17.1 Å². The van der Waals surface area contributed by atoms with E-state index < -0.39 is 0 Å². The van der Waals surface area contributed by atoms with E-state index in [1.54, 1.807) is 23.9 Å². The highest BCUT2D eigenvalue weighted by Gasteiger charge is 2.03. The lowest BCUT2D eigenvalue weighted by Crippen LogP contribution is -2.06. The summed E-state index contributed by atoms with van der Waals surface area (Å²) in [7, 11) is 0. The van der Waals surface area contributed by atoms with Gasteiger partial charge in [0.25, 0.3) is 0 Å². The molecule has 0 aliphatic rings. The van der Waals surface area contributed by atoms with Crippen LogP contribution < -0.4 is 0 Å².